The zero-order valence-electron chi connectivity index (χ0n) is 11.8. The first-order valence-corrected chi connectivity index (χ1v) is 7.64. The normalized spacial score (nSPS) is 10.8. The van der Waals surface area contributed by atoms with Crippen LogP contribution in [0.5, 0.6) is 0 Å². The number of anilines is 1. The average molecular weight is 299 g/mol. The molecule has 0 saturated carbocycles. The van der Waals surface area contributed by atoms with Crippen LogP contribution < -0.4 is 5.32 Å². The van der Waals surface area contributed by atoms with E-state index in [-0.39, 0.29) is 6.61 Å². The predicted molar refractivity (Wildman–Crippen MR) is 86.2 cm³/mol. The number of aliphatic hydroxyl groups excluding tert-OH is 1. The van der Waals surface area contributed by atoms with Crippen LogP contribution >= 0.6 is 11.3 Å². The molecule has 2 heterocycles. The second kappa shape index (κ2) is 6.11. The number of hydrogen-bond donors (Lipinski definition) is 2. The number of aromatic nitrogens is 2. The first-order chi connectivity index (χ1) is 10.3. The first kappa shape index (κ1) is 13.9. The van der Waals surface area contributed by atoms with Gasteiger partial charge < -0.3 is 10.4 Å². The van der Waals surface area contributed by atoms with Crippen LogP contribution in [0.15, 0.2) is 48.0 Å². The molecule has 108 valence electrons. The van der Waals surface area contributed by atoms with Gasteiger partial charge in [0.2, 0.25) is 0 Å². The van der Waals surface area contributed by atoms with Crippen LogP contribution in [-0.4, -0.2) is 14.9 Å². The zero-order valence-corrected chi connectivity index (χ0v) is 12.6. The van der Waals surface area contributed by atoms with E-state index in [0.717, 1.165) is 22.5 Å². The van der Waals surface area contributed by atoms with Crippen LogP contribution in [0.2, 0.25) is 0 Å². The molecular formula is C16H17N3OS. The third kappa shape index (κ3) is 3.15. The smallest absolute Gasteiger partial charge is 0.107 e. The van der Waals surface area contributed by atoms with Crippen LogP contribution in [0.1, 0.15) is 11.1 Å². The summed E-state index contributed by atoms with van der Waals surface area (Å²) in [6, 6.07) is 11.9. The van der Waals surface area contributed by atoms with Gasteiger partial charge in [-0.3, -0.25) is 4.68 Å². The second-order valence-corrected chi connectivity index (χ2v) is 5.81. The van der Waals surface area contributed by atoms with E-state index in [1.165, 1.54) is 4.88 Å². The Kier molecular flexibility index (Phi) is 4.03. The highest BCUT2D eigenvalue weighted by Gasteiger charge is 2.10. The Morgan fingerprint density at radius 1 is 1.29 bits per heavy atom. The van der Waals surface area contributed by atoms with Gasteiger partial charge in [-0.25, -0.2) is 0 Å². The molecule has 2 aromatic heterocycles. The van der Waals surface area contributed by atoms with Crippen molar-refractivity contribution in [3.8, 4) is 10.6 Å². The highest BCUT2D eigenvalue weighted by atomic mass is 32.1. The molecule has 5 heteroatoms. The van der Waals surface area contributed by atoms with Gasteiger partial charge in [0, 0.05) is 31.0 Å². The summed E-state index contributed by atoms with van der Waals surface area (Å²) in [7, 11) is 1.94. The van der Waals surface area contributed by atoms with Crippen molar-refractivity contribution in [2.24, 2.45) is 7.05 Å². The van der Waals surface area contributed by atoms with Gasteiger partial charge >= 0.3 is 0 Å². The fourth-order valence-corrected chi connectivity index (χ4v) is 3.01. The van der Waals surface area contributed by atoms with Crippen LogP contribution in [0.3, 0.4) is 0 Å². The quantitative estimate of drug-likeness (QED) is 0.760. The minimum Gasteiger partial charge on any atom is -0.392 e. The molecule has 3 aromatic rings. The van der Waals surface area contributed by atoms with Gasteiger partial charge in [0.15, 0.2) is 0 Å². The zero-order chi connectivity index (χ0) is 14.7. The van der Waals surface area contributed by atoms with Gasteiger partial charge in [-0.15, -0.1) is 11.3 Å². The average Bonchev–Trinajstić information content (AvgIpc) is 3.14. The Morgan fingerprint density at radius 3 is 2.95 bits per heavy atom. The summed E-state index contributed by atoms with van der Waals surface area (Å²) >= 11 is 1.69. The molecule has 0 radical (unpaired) electrons. The van der Waals surface area contributed by atoms with Gasteiger partial charge in [0.25, 0.3) is 0 Å². The lowest BCUT2D eigenvalue weighted by molar-refractivity contribution is 0.282. The number of nitrogens with zero attached hydrogens (tertiary/aromatic N) is 2. The summed E-state index contributed by atoms with van der Waals surface area (Å²) < 4.78 is 1.84. The van der Waals surface area contributed by atoms with Crippen molar-refractivity contribution in [1.29, 1.82) is 0 Å². The van der Waals surface area contributed by atoms with E-state index in [1.807, 2.05) is 48.3 Å². The fourth-order valence-electron chi connectivity index (χ4n) is 2.26. The third-order valence-corrected chi connectivity index (χ3v) is 4.13. The molecule has 3 rings (SSSR count). The molecule has 0 aliphatic rings. The number of aliphatic hydroxyl groups is 1. The molecule has 0 atom stereocenters. The van der Waals surface area contributed by atoms with Crippen molar-refractivity contribution in [2.75, 3.05) is 5.32 Å². The summed E-state index contributed by atoms with van der Waals surface area (Å²) in [5.41, 5.74) is 4.10. The molecule has 1 aromatic carbocycles. The van der Waals surface area contributed by atoms with E-state index >= 15 is 0 Å². The van der Waals surface area contributed by atoms with Crippen molar-refractivity contribution in [1.82, 2.24) is 9.78 Å². The van der Waals surface area contributed by atoms with E-state index in [2.05, 4.69) is 21.9 Å². The number of benzene rings is 1. The van der Waals surface area contributed by atoms with Gasteiger partial charge in [-0.1, -0.05) is 18.2 Å². The largest absolute Gasteiger partial charge is 0.392 e. The van der Waals surface area contributed by atoms with Crippen LogP contribution in [-0.2, 0) is 20.2 Å². The molecule has 0 spiro atoms. The van der Waals surface area contributed by atoms with E-state index in [1.54, 1.807) is 11.3 Å². The van der Waals surface area contributed by atoms with E-state index in [9.17, 15) is 5.11 Å². The number of aryl methyl sites for hydroxylation is 1. The monoisotopic (exact) mass is 299 g/mol. The lowest BCUT2D eigenvalue weighted by atomic mass is 10.2. The Morgan fingerprint density at radius 2 is 2.19 bits per heavy atom. The number of rotatable bonds is 5. The highest BCUT2D eigenvalue weighted by molar-refractivity contribution is 7.13. The molecule has 0 fully saturated rings. The minimum atomic E-state index is 0.0584. The van der Waals surface area contributed by atoms with E-state index in [0.29, 0.717) is 6.54 Å². The van der Waals surface area contributed by atoms with Crippen molar-refractivity contribution in [3.63, 3.8) is 0 Å². The van der Waals surface area contributed by atoms with Gasteiger partial charge in [0.1, 0.15) is 5.69 Å². The number of hydrogen-bond acceptors (Lipinski definition) is 4. The van der Waals surface area contributed by atoms with Crippen molar-refractivity contribution in [2.45, 2.75) is 13.2 Å². The van der Waals surface area contributed by atoms with Crippen LogP contribution in [0, 0.1) is 0 Å². The second-order valence-electron chi connectivity index (χ2n) is 4.87. The third-order valence-electron chi connectivity index (χ3n) is 3.25. The number of thiophene rings is 1. The standard InChI is InChI=1S/C16H17N3OS/c1-19-10-13(16(18-19)15-6-3-7-21-15)9-17-14-5-2-4-12(8-14)11-20/h2-8,10,17,20H,9,11H2,1H3. The Balaban J connectivity index is 1.79. The molecule has 0 aliphatic heterocycles. The van der Waals surface area contributed by atoms with Crippen molar-refractivity contribution < 1.29 is 5.11 Å². The van der Waals surface area contributed by atoms with Crippen LogP contribution in [0.4, 0.5) is 5.69 Å². The topological polar surface area (TPSA) is 50.1 Å². The summed E-state index contributed by atoms with van der Waals surface area (Å²) in [6.07, 6.45) is 2.04. The fraction of sp³-hybridized carbons (Fsp3) is 0.188. The van der Waals surface area contributed by atoms with Crippen LogP contribution in [0.25, 0.3) is 10.6 Å². The first-order valence-electron chi connectivity index (χ1n) is 6.76. The molecule has 0 saturated heterocycles. The van der Waals surface area contributed by atoms with Crippen molar-refractivity contribution >= 4 is 17.0 Å². The summed E-state index contributed by atoms with van der Waals surface area (Å²) in [4.78, 5) is 1.18. The highest BCUT2D eigenvalue weighted by Crippen LogP contribution is 2.27. The molecule has 0 amide bonds. The SMILES string of the molecule is Cn1cc(CNc2cccc(CO)c2)c(-c2cccs2)n1. The van der Waals surface area contributed by atoms with Crippen molar-refractivity contribution in [3.05, 3.63) is 59.1 Å². The van der Waals surface area contributed by atoms with E-state index in [4.69, 9.17) is 0 Å². The molecule has 0 unspecified atom stereocenters. The summed E-state index contributed by atoms with van der Waals surface area (Å²) in [5, 5.41) is 19.2. The minimum absolute atomic E-state index is 0.0584. The molecule has 0 aliphatic carbocycles. The maximum Gasteiger partial charge on any atom is 0.107 e. The van der Waals surface area contributed by atoms with Gasteiger partial charge in [-0.2, -0.15) is 5.10 Å². The molecule has 2 N–H and O–H groups in total. The Labute approximate surface area is 127 Å². The summed E-state index contributed by atoms with van der Waals surface area (Å²) in [6.45, 7) is 0.763. The van der Waals surface area contributed by atoms with E-state index < -0.39 is 0 Å². The summed E-state index contributed by atoms with van der Waals surface area (Å²) in [5.74, 6) is 0. The lowest BCUT2D eigenvalue weighted by Gasteiger charge is -2.07. The Hall–Kier alpha value is -2.11. The maximum atomic E-state index is 9.18. The van der Waals surface area contributed by atoms with Gasteiger partial charge in [0.05, 0.1) is 11.5 Å². The maximum absolute atomic E-state index is 9.18. The van der Waals surface area contributed by atoms with Gasteiger partial charge in [-0.05, 0) is 29.1 Å². The lowest BCUT2D eigenvalue weighted by Crippen LogP contribution is -2.00. The molecule has 4 nitrogen and oxygen atoms in total. The predicted octanol–water partition coefficient (Wildman–Crippen LogP) is 3.25. The molecule has 21 heavy (non-hydrogen) atoms. The Bertz CT molecular complexity index is 719. The molecule has 0 bridgehead atoms. The molecular weight excluding hydrogens is 282 g/mol. The number of nitrogens with one attached hydrogen (secondary N) is 1.